The zero-order chi connectivity index (χ0) is 13.8. The van der Waals surface area contributed by atoms with Crippen LogP contribution in [0.4, 0.5) is 0 Å². The summed E-state index contributed by atoms with van der Waals surface area (Å²) in [6.07, 6.45) is 0. The van der Waals surface area contributed by atoms with Crippen LogP contribution in [0.2, 0.25) is 0 Å². The molecule has 5 heteroatoms. The quantitative estimate of drug-likeness (QED) is 0.741. The van der Waals surface area contributed by atoms with E-state index in [1.54, 1.807) is 0 Å². The Morgan fingerprint density at radius 2 is 1.76 bits per heavy atom. The number of nitrogens with zero attached hydrogens (tertiary/aromatic N) is 1. The van der Waals surface area contributed by atoms with Crippen molar-refractivity contribution in [2.24, 2.45) is 11.1 Å². The third-order valence-corrected chi connectivity index (χ3v) is 2.63. The Bertz CT molecular complexity index is 282. The molecule has 100 valence electrons. The second-order valence-electron chi connectivity index (χ2n) is 5.48. The third-order valence-electron chi connectivity index (χ3n) is 2.63. The van der Waals surface area contributed by atoms with Crippen molar-refractivity contribution in [1.29, 1.82) is 0 Å². The summed E-state index contributed by atoms with van der Waals surface area (Å²) in [5.74, 6) is -0.661. The Morgan fingerprint density at radius 3 is 2.06 bits per heavy atom. The van der Waals surface area contributed by atoms with E-state index in [4.69, 9.17) is 5.73 Å². The molecule has 1 atom stereocenters. The lowest BCUT2D eigenvalue weighted by Gasteiger charge is -2.33. The van der Waals surface area contributed by atoms with Gasteiger partial charge in [-0.15, -0.1) is 0 Å². The number of carbonyl (C=O) groups excluding carboxylic acids is 2. The summed E-state index contributed by atoms with van der Waals surface area (Å²) in [6.45, 7) is 9.31. The molecule has 5 nitrogen and oxygen atoms in total. The SMILES string of the molecule is COC(=O)CN(C(=O)[C@@H](N)C(C)(C)C)C(C)C. The molecule has 0 spiro atoms. The van der Waals surface area contributed by atoms with Crippen LogP contribution >= 0.6 is 0 Å². The van der Waals surface area contributed by atoms with Crippen molar-refractivity contribution in [1.82, 2.24) is 4.90 Å². The minimum absolute atomic E-state index is 0.0587. The van der Waals surface area contributed by atoms with Gasteiger partial charge in [0.25, 0.3) is 0 Å². The fourth-order valence-corrected chi connectivity index (χ4v) is 1.27. The highest BCUT2D eigenvalue weighted by atomic mass is 16.5. The molecule has 0 aromatic heterocycles. The van der Waals surface area contributed by atoms with Gasteiger partial charge in [-0.1, -0.05) is 20.8 Å². The summed E-state index contributed by atoms with van der Waals surface area (Å²) in [4.78, 5) is 24.9. The fraction of sp³-hybridized carbons (Fsp3) is 0.833. The van der Waals surface area contributed by atoms with Crippen LogP contribution in [0, 0.1) is 5.41 Å². The summed E-state index contributed by atoms with van der Waals surface area (Å²) < 4.78 is 4.57. The smallest absolute Gasteiger partial charge is 0.325 e. The predicted octanol–water partition coefficient (Wildman–Crippen LogP) is 0.770. The summed E-state index contributed by atoms with van der Waals surface area (Å²) in [5, 5.41) is 0. The summed E-state index contributed by atoms with van der Waals surface area (Å²) in [6, 6.07) is -0.718. The van der Waals surface area contributed by atoms with Gasteiger partial charge in [0.05, 0.1) is 13.2 Å². The van der Waals surface area contributed by atoms with E-state index in [2.05, 4.69) is 4.74 Å². The van der Waals surface area contributed by atoms with Crippen LogP contribution in [-0.4, -0.2) is 42.5 Å². The fourth-order valence-electron chi connectivity index (χ4n) is 1.27. The topological polar surface area (TPSA) is 72.6 Å². The maximum atomic E-state index is 12.2. The van der Waals surface area contributed by atoms with E-state index in [-0.39, 0.29) is 23.9 Å². The van der Waals surface area contributed by atoms with Gasteiger partial charge in [-0.05, 0) is 19.3 Å². The molecule has 0 fully saturated rings. The zero-order valence-electron chi connectivity index (χ0n) is 11.6. The highest BCUT2D eigenvalue weighted by Gasteiger charge is 2.33. The van der Waals surface area contributed by atoms with Crippen LogP contribution < -0.4 is 5.73 Å². The van der Waals surface area contributed by atoms with Crippen molar-refractivity contribution in [3.05, 3.63) is 0 Å². The van der Waals surface area contributed by atoms with E-state index < -0.39 is 12.0 Å². The number of rotatable bonds is 4. The molecule has 2 N–H and O–H groups in total. The Balaban J connectivity index is 4.84. The molecule has 0 aromatic rings. The Morgan fingerprint density at radius 1 is 1.29 bits per heavy atom. The number of amides is 1. The van der Waals surface area contributed by atoms with E-state index in [1.165, 1.54) is 12.0 Å². The number of hydrogen-bond acceptors (Lipinski definition) is 4. The number of ether oxygens (including phenoxy) is 1. The first-order chi connectivity index (χ1) is 7.61. The van der Waals surface area contributed by atoms with Crippen LogP contribution in [0.25, 0.3) is 0 Å². The summed E-state index contributed by atoms with van der Waals surface area (Å²) in [5.41, 5.74) is 5.57. The molecule has 0 radical (unpaired) electrons. The Kier molecular flexibility index (Phi) is 5.61. The van der Waals surface area contributed by atoms with E-state index in [9.17, 15) is 9.59 Å². The number of carbonyl (C=O) groups is 2. The minimum Gasteiger partial charge on any atom is -0.468 e. The van der Waals surface area contributed by atoms with Gasteiger partial charge >= 0.3 is 5.97 Å². The molecule has 0 heterocycles. The van der Waals surface area contributed by atoms with Gasteiger partial charge < -0.3 is 15.4 Å². The average Bonchev–Trinajstić information content (AvgIpc) is 2.21. The molecule has 0 aliphatic heterocycles. The number of methoxy groups -OCH3 is 1. The Hall–Kier alpha value is -1.10. The molecule has 0 saturated carbocycles. The number of esters is 1. The van der Waals surface area contributed by atoms with Gasteiger partial charge in [0.2, 0.25) is 5.91 Å². The van der Waals surface area contributed by atoms with E-state index in [0.29, 0.717) is 0 Å². The van der Waals surface area contributed by atoms with Crippen molar-refractivity contribution < 1.29 is 14.3 Å². The van der Waals surface area contributed by atoms with Crippen molar-refractivity contribution in [3.63, 3.8) is 0 Å². The van der Waals surface area contributed by atoms with E-state index in [0.717, 1.165) is 0 Å². The number of hydrogen-bond donors (Lipinski definition) is 1. The maximum absolute atomic E-state index is 12.2. The van der Waals surface area contributed by atoms with Crippen molar-refractivity contribution in [3.8, 4) is 0 Å². The zero-order valence-corrected chi connectivity index (χ0v) is 11.6. The first-order valence-electron chi connectivity index (χ1n) is 5.74. The van der Waals surface area contributed by atoms with Gasteiger partial charge in [-0.25, -0.2) is 0 Å². The highest BCUT2D eigenvalue weighted by Crippen LogP contribution is 2.19. The Labute approximate surface area is 103 Å². The van der Waals surface area contributed by atoms with Crippen molar-refractivity contribution in [2.75, 3.05) is 13.7 Å². The van der Waals surface area contributed by atoms with E-state index in [1.807, 2.05) is 34.6 Å². The highest BCUT2D eigenvalue weighted by molar-refractivity contribution is 5.86. The molecular formula is C12H24N2O3. The first kappa shape index (κ1) is 15.9. The molecule has 0 aliphatic rings. The lowest BCUT2D eigenvalue weighted by atomic mass is 9.86. The largest absolute Gasteiger partial charge is 0.468 e. The minimum atomic E-state index is -0.630. The third kappa shape index (κ3) is 4.73. The lowest BCUT2D eigenvalue weighted by Crippen LogP contribution is -2.53. The van der Waals surface area contributed by atoms with Gasteiger partial charge in [-0.2, -0.15) is 0 Å². The molecule has 0 unspecified atom stereocenters. The second-order valence-corrected chi connectivity index (χ2v) is 5.48. The van der Waals surface area contributed by atoms with Crippen molar-refractivity contribution >= 4 is 11.9 Å². The molecule has 0 rings (SSSR count). The van der Waals surface area contributed by atoms with Gasteiger partial charge in [0.15, 0.2) is 0 Å². The molecule has 0 aromatic carbocycles. The summed E-state index contributed by atoms with van der Waals surface area (Å²) in [7, 11) is 1.30. The van der Waals surface area contributed by atoms with Crippen LogP contribution in [0.15, 0.2) is 0 Å². The lowest BCUT2D eigenvalue weighted by molar-refractivity contribution is -0.149. The first-order valence-corrected chi connectivity index (χ1v) is 5.74. The second kappa shape index (κ2) is 6.00. The van der Waals surface area contributed by atoms with Crippen LogP contribution in [0.1, 0.15) is 34.6 Å². The predicted molar refractivity (Wildman–Crippen MR) is 66.3 cm³/mol. The average molecular weight is 244 g/mol. The van der Waals surface area contributed by atoms with E-state index >= 15 is 0 Å². The summed E-state index contributed by atoms with van der Waals surface area (Å²) >= 11 is 0. The maximum Gasteiger partial charge on any atom is 0.325 e. The molecule has 0 bridgehead atoms. The van der Waals surface area contributed by atoms with Gasteiger partial charge in [0, 0.05) is 6.04 Å². The van der Waals surface area contributed by atoms with Gasteiger partial charge in [-0.3, -0.25) is 9.59 Å². The van der Waals surface area contributed by atoms with Crippen LogP contribution in [0.3, 0.4) is 0 Å². The molecule has 1 amide bonds. The normalized spacial score (nSPS) is 13.4. The molecule has 0 aliphatic carbocycles. The van der Waals surface area contributed by atoms with Gasteiger partial charge in [0.1, 0.15) is 6.54 Å². The van der Waals surface area contributed by atoms with Crippen LogP contribution in [-0.2, 0) is 14.3 Å². The standard InChI is InChI=1S/C12H24N2O3/c1-8(2)14(7-9(15)17-6)11(16)10(13)12(3,4)5/h8,10H,7,13H2,1-6H3/t10-/m1/s1. The monoisotopic (exact) mass is 244 g/mol. The molecular weight excluding hydrogens is 220 g/mol. The van der Waals surface area contributed by atoms with Crippen LogP contribution in [0.5, 0.6) is 0 Å². The molecule has 0 saturated heterocycles. The van der Waals surface area contributed by atoms with Crippen molar-refractivity contribution in [2.45, 2.75) is 46.7 Å². The number of nitrogens with two attached hydrogens (primary N) is 1. The molecule has 17 heavy (non-hydrogen) atoms.